The van der Waals surface area contributed by atoms with Crippen molar-refractivity contribution in [2.75, 3.05) is 32.1 Å². The predicted molar refractivity (Wildman–Crippen MR) is 91.0 cm³/mol. The zero-order chi connectivity index (χ0) is 19.1. The Morgan fingerprint density at radius 2 is 2.19 bits per heavy atom. The number of benzene rings is 1. The molecule has 11 heteroatoms. The Hall–Kier alpha value is -2.98. The first kappa shape index (κ1) is 19.3. The summed E-state index contributed by atoms with van der Waals surface area (Å²) in [4.78, 5) is 36.2. The van der Waals surface area contributed by atoms with Crippen LogP contribution in [0.4, 0.5) is 11.5 Å². The third-order valence-corrected chi connectivity index (χ3v) is 3.60. The molecule has 0 aliphatic rings. The summed E-state index contributed by atoms with van der Waals surface area (Å²) in [5.41, 5.74) is -0.193. The van der Waals surface area contributed by atoms with E-state index in [2.05, 4.69) is 15.0 Å². The molecule has 26 heavy (non-hydrogen) atoms. The fraction of sp³-hybridized carbons (Fsp3) is 0.267. The van der Waals surface area contributed by atoms with Crippen LogP contribution in [-0.2, 0) is 9.53 Å². The number of carbonyl (C=O) groups is 2. The van der Waals surface area contributed by atoms with Crippen molar-refractivity contribution in [1.82, 2.24) is 10.1 Å². The molecule has 0 fully saturated rings. The number of hydrogen-bond donors (Lipinski definition) is 1. The van der Waals surface area contributed by atoms with Gasteiger partial charge in [0.2, 0.25) is 5.91 Å². The Labute approximate surface area is 152 Å². The van der Waals surface area contributed by atoms with E-state index >= 15 is 0 Å². The Morgan fingerprint density at radius 3 is 2.77 bits per heavy atom. The van der Waals surface area contributed by atoms with Gasteiger partial charge in [0.1, 0.15) is 12.8 Å². The average Bonchev–Trinajstić information content (AvgIpc) is 3.10. The number of nitro benzene ring substituents is 1. The Morgan fingerprint density at radius 1 is 1.42 bits per heavy atom. The molecule has 0 bridgehead atoms. The molecule has 0 aliphatic carbocycles. The molecule has 10 nitrogen and oxygen atoms in total. The van der Waals surface area contributed by atoms with E-state index in [1.165, 1.54) is 36.5 Å². The van der Waals surface area contributed by atoms with Crippen molar-refractivity contribution in [1.29, 1.82) is 0 Å². The monoisotopic (exact) mass is 382 g/mol. The zero-order valence-electron chi connectivity index (χ0n) is 13.7. The molecular formula is C15H15ClN4O6. The summed E-state index contributed by atoms with van der Waals surface area (Å²) in [6.45, 7) is 0.0187. The molecule has 0 radical (unpaired) electrons. The summed E-state index contributed by atoms with van der Waals surface area (Å²) >= 11 is 5.99. The van der Waals surface area contributed by atoms with E-state index in [0.717, 1.165) is 6.07 Å². The highest BCUT2D eigenvalue weighted by atomic mass is 35.5. The maximum Gasteiger partial charge on any atom is 0.270 e. The molecule has 1 heterocycles. The lowest BCUT2D eigenvalue weighted by atomic mass is 10.1. The first-order chi connectivity index (χ1) is 12.4. The van der Waals surface area contributed by atoms with Crippen LogP contribution in [0.3, 0.4) is 0 Å². The molecule has 138 valence electrons. The quantitative estimate of drug-likeness (QED) is 0.545. The second kappa shape index (κ2) is 8.92. The number of aromatic nitrogens is 1. The van der Waals surface area contributed by atoms with Gasteiger partial charge in [-0.1, -0.05) is 16.8 Å². The molecule has 2 aromatic rings. The van der Waals surface area contributed by atoms with Crippen LogP contribution in [0, 0.1) is 10.1 Å². The highest BCUT2D eigenvalue weighted by molar-refractivity contribution is 6.34. The Balaban J connectivity index is 2.15. The summed E-state index contributed by atoms with van der Waals surface area (Å²) in [6, 6.07) is 4.95. The normalized spacial score (nSPS) is 10.4. The van der Waals surface area contributed by atoms with Crippen LogP contribution in [-0.4, -0.2) is 53.6 Å². The van der Waals surface area contributed by atoms with E-state index in [9.17, 15) is 19.7 Å². The molecule has 2 amide bonds. The lowest BCUT2D eigenvalue weighted by Crippen LogP contribution is -2.40. The number of hydrogen-bond acceptors (Lipinski definition) is 7. The molecule has 0 aliphatic heterocycles. The van der Waals surface area contributed by atoms with Gasteiger partial charge in [-0.05, 0) is 6.07 Å². The third-order valence-electron chi connectivity index (χ3n) is 3.29. The van der Waals surface area contributed by atoms with Crippen LogP contribution in [0.1, 0.15) is 10.4 Å². The SMILES string of the molecule is COCCN(CC(=O)Nc1ccon1)C(=O)c1ccc([N+](=O)[O-])cc1Cl. The molecule has 2 rings (SSSR count). The van der Waals surface area contributed by atoms with Crippen LogP contribution in [0.25, 0.3) is 0 Å². The van der Waals surface area contributed by atoms with Crippen LogP contribution in [0.15, 0.2) is 35.1 Å². The molecule has 0 saturated carbocycles. The molecule has 0 atom stereocenters. The van der Waals surface area contributed by atoms with Gasteiger partial charge in [0.25, 0.3) is 11.6 Å². The minimum Gasteiger partial charge on any atom is -0.383 e. The van der Waals surface area contributed by atoms with E-state index in [1.807, 2.05) is 0 Å². The van der Waals surface area contributed by atoms with Gasteiger partial charge in [0.15, 0.2) is 5.82 Å². The summed E-state index contributed by atoms with van der Waals surface area (Å²) < 4.78 is 9.56. The van der Waals surface area contributed by atoms with Crippen molar-refractivity contribution in [3.63, 3.8) is 0 Å². The molecular weight excluding hydrogens is 368 g/mol. The van der Waals surface area contributed by atoms with E-state index in [-0.39, 0.29) is 41.8 Å². The number of anilines is 1. The number of carbonyl (C=O) groups excluding carboxylic acids is 2. The van der Waals surface area contributed by atoms with Gasteiger partial charge in [-0.15, -0.1) is 0 Å². The highest BCUT2D eigenvalue weighted by Gasteiger charge is 2.22. The first-order valence-corrected chi connectivity index (χ1v) is 7.72. The van der Waals surface area contributed by atoms with Crippen molar-refractivity contribution in [2.45, 2.75) is 0 Å². The van der Waals surface area contributed by atoms with Crippen LogP contribution >= 0.6 is 11.6 Å². The van der Waals surface area contributed by atoms with Crippen LogP contribution < -0.4 is 5.32 Å². The summed E-state index contributed by atoms with van der Waals surface area (Å²) in [5, 5.41) is 16.7. The van der Waals surface area contributed by atoms with Crippen molar-refractivity contribution < 1.29 is 23.8 Å². The lowest BCUT2D eigenvalue weighted by molar-refractivity contribution is -0.384. The number of non-ortho nitro benzene ring substituents is 1. The van der Waals surface area contributed by atoms with Gasteiger partial charge >= 0.3 is 0 Å². The summed E-state index contributed by atoms with van der Waals surface area (Å²) in [5.74, 6) is -0.846. The van der Waals surface area contributed by atoms with Crippen molar-refractivity contribution in [3.8, 4) is 0 Å². The number of nitrogens with zero attached hydrogens (tertiary/aromatic N) is 3. The fourth-order valence-electron chi connectivity index (χ4n) is 2.05. The number of ether oxygens (including phenoxy) is 1. The highest BCUT2D eigenvalue weighted by Crippen LogP contribution is 2.23. The minimum atomic E-state index is -0.617. The third kappa shape index (κ3) is 5.01. The Kier molecular flexibility index (Phi) is 6.64. The molecule has 0 spiro atoms. The van der Waals surface area contributed by atoms with Gasteiger partial charge in [0.05, 0.1) is 22.1 Å². The second-order valence-electron chi connectivity index (χ2n) is 5.07. The van der Waals surface area contributed by atoms with Gasteiger partial charge in [-0.3, -0.25) is 19.7 Å². The van der Waals surface area contributed by atoms with E-state index in [4.69, 9.17) is 16.3 Å². The average molecular weight is 383 g/mol. The van der Waals surface area contributed by atoms with Gasteiger partial charge in [-0.25, -0.2) is 0 Å². The van der Waals surface area contributed by atoms with Gasteiger partial charge in [0, 0.05) is 31.9 Å². The number of nitro groups is 1. The van der Waals surface area contributed by atoms with Crippen LogP contribution in [0.2, 0.25) is 5.02 Å². The Bertz CT molecular complexity index is 795. The lowest BCUT2D eigenvalue weighted by Gasteiger charge is -2.22. The van der Waals surface area contributed by atoms with Gasteiger partial charge in [-0.2, -0.15) is 0 Å². The molecule has 1 N–H and O–H groups in total. The first-order valence-electron chi connectivity index (χ1n) is 7.34. The van der Waals surface area contributed by atoms with E-state index < -0.39 is 16.7 Å². The van der Waals surface area contributed by atoms with Crippen molar-refractivity contribution in [2.24, 2.45) is 0 Å². The number of methoxy groups -OCH3 is 1. The standard InChI is InChI=1S/C15H15ClN4O6/c1-25-7-5-19(9-14(21)17-13-4-6-26-18-13)15(22)11-3-2-10(20(23)24)8-12(11)16/h2-4,6,8H,5,7,9H2,1H3,(H,17,18,21). The van der Waals surface area contributed by atoms with Gasteiger partial charge < -0.3 is 19.5 Å². The van der Waals surface area contributed by atoms with E-state index in [0.29, 0.717) is 0 Å². The molecule has 0 saturated heterocycles. The maximum absolute atomic E-state index is 12.7. The number of halogens is 1. The number of amides is 2. The predicted octanol–water partition coefficient (Wildman–Crippen LogP) is 1.96. The smallest absolute Gasteiger partial charge is 0.270 e. The number of rotatable bonds is 8. The minimum absolute atomic E-state index is 0.0441. The van der Waals surface area contributed by atoms with Crippen molar-refractivity contribution >= 4 is 34.9 Å². The maximum atomic E-state index is 12.7. The summed E-state index contributed by atoms with van der Waals surface area (Å²) in [7, 11) is 1.46. The second-order valence-corrected chi connectivity index (χ2v) is 5.48. The van der Waals surface area contributed by atoms with E-state index in [1.54, 1.807) is 0 Å². The molecule has 1 aromatic heterocycles. The topological polar surface area (TPSA) is 128 Å². The zero-order valence-corrected chi connectivity index (χ0v) is 14.4. The van der Waals surface area contributed by atoms with Crippen LogP contribution in [0.5, 0.6) is 0 Å². The summed E-state index contributed by atoms with van der Waals surface area (Å²) in [6.07, 6.45) is 1.29. The van der Waals surface area contributed by atoms with Crippen molar-refractivity contribution in [3.05, 3.63) is 51.2 Å². The largest absolute Gasteiger partial charge is 0.383 e. The fourth-order valence-corrected chi connectivity index (χ4v) is 2.30. The molecule has 1 aromatic carbocycles. The number of nitrogens with one attached hydrogen (secondary N) is 1. The molecule has 0 unspecified atom stereocenters.